The lowest BCUT2D eigenvalue weighted by molar-refractivity contribution is 0.233. The second kappa shape index (κ2) is 6.78. The summed E-state index contributed by atoms with van der Waals surface area (Å²) < 4.78 is 0. The summed E-state index contributed by atoms with van der Waals surface area (Å²) in [5.41, 5.74) is 5.57. The third-order valence-corrected chi connectivity index (χ3v) is 2.98. The van der Waals surface area contributed by atoms with Crippen LogP contribution in [-0.4, -0.2) is 53.7 Å². The Morgan fingerprint density at radius 2 is 1.94 bits per heavy atom. The van der Waals surface area contributed by atoms with Crippen molar-refractivity contribution in [3.05, 3.63) is 5.01 Å². The maximum atomic E-state index is 5.57. The molecule has 0 saturated heterocycles. The van der Waals surface area contributed by atoms with E-state index >= 15 is 0 Å². The standard InChI is InChI=1S/C10H21N5S/c1-4-5-15(7-6-14(2)3)8-9-12-13-10(11)16-9/h4-8H2,1-3H3,(H2,11,13). The average Bonchev–Trinajstić information content (AvgIpc) is 2.61. The van der Waals surface area contributed by atoms with Gasteiger partial charge in [0.1, 0.15) is 5.01 Å². The van der Waals surface area contributed by atoms with Crippen LogP contribution in [0.2, 0.25) is 0 Å². The Labute approximate surface area is 101 Å². The van der Waals surface area contributed by atoms with Crippen LogP contribution in [0, 0.1) is 0 Å². The predicted molar refractivity (Wildman–Crippen MR) is 68.4 cm³/mol. The van der Waals surface area contributed by atoms with Crippen LogP contribution < -0.4 is 5.73 Å². The molecular weight excluding hydrogens is 222 g/mol. The van der Waals surface area contributed by atoms with Crippen molar-refractivity contribution in [2.24, 2.45) is 0 Å². The number of nitrogen functional groups attached to an aromatic ring is 1. The summed E-state index contributed by atoms with van der Waals surface area (Å²) in [6, 6.07) is 0. The highest BCUT2D eigenvalue weighted by Gasteiger charge is 2.08. The van der Waals surface area contributed by atoms with Crippen LogP contribution in [0.15, 0.2) is 0 Å². The van der Waals surface area contributed by atoms with Crippen molar-refractivity contribution in [3.63, 3.8) is 0 Å². The van der Waals surface area contributed by atoms with E-state index in [4.69, 9.17) is 5.73 Å². The van der Waals surface area contributed by atoms with Gasteiger partial charge in [-0.1, -0.05) is 18.3 Å². The van der Waals surface area contributed by atoms with E-state index in [2.05, 4.69) is 41.0 Å². The number of anilines is 1. The van der Waals surface area contributed by atoms with E-state index in [1.807, 2.05) is 0 Å². The van der Waals surface area contributed by atoms with E-state index in [0.717, 1.165) is 37.6 Å². The number of hydrogen-bond acceptors (Lipinski definition) is 6. The zero-order valence-electron chi connectivity index (χ0n) is 10.3. The van der Waals surface area contributed by atoms with Crippen LogP contribution in [0.5, 0.6) is 0 Å². The van der Waals surface area contributed by atoms with Crippen molar-refractivity contribution in [2.75, 3.05) is 39.5 Å². The molecule has 0 aromatic carbocycles. The third kappa shape index (κ3) is 4.87. The molecule has 0 aliphatic heterocycles. The molecule has 6 heteroatoms. The quantitative estimate of drug-likeness (QED) is 0.771. The fourth-order valence-corrected chi connectivity index (χ4v) is 2.10. The van der Waals surface area contributed by atoms with Gasteiger partial charge < -0.3 is 10.6 Å². The first-order chi connectivity index (χ1) is 7.61. The highest BCUT2D eigenvalue weighted by molar-refractivity contribution is 7.15. The van der Waals surface area contributed by atoms with Crippen LogP contribution in [0.25, 0.3) is 0 Å². The first-order valence-electron chi connectivity index (χ1n) is 5.56. The molecule has 1 aromatic heterocycles. The second-order valence-electron chi connectivity index (χ2n) is 4.11. The SMILES string of the molecule is CCCN(CCN(C)C)Cc1nnc(N)s1. The highest BCUT2D eigenvalue weighted by atomic mass is 32.1. The maximum absolute atomic E-state index is 5.57. The molecule has 5 nitrogen and oxygen atoms in total. The first-order valence-corrected chi connectivity index (χ1v) is 6.38. The Hall–Kier alpha value is -0.720. The van der Waals surface area contributed by atoms with Gasteiger partial charge in [-0.05, 0) is 27.1 Å². The molecule has 0 amide bonds. The zero-order chi connectivity index (χ0) is 12.0. The molecule has 0 fully saturated rings. The Kier molecular flexibility index (Phi) is 5.65. The van der Waals surface area contributed by atoms with Crippen molar-refractivity contribution in [3.8, 4) is 0 Å². The largest absolute Gasteiger partial charge is 0.374 e. The minimum absolute atomic E-state index is 0.555. The van der Waals surface area contributed by atoms with Crippen molar-refractivity contribution < 1.29 is 0 Å². The molecule has 1 heterocycles. The lowest BCUT2D eigenvalue weighted by atomic mass is 10.4. The molecule has 0 saturated carbocycles. The van der Waals surface area contributed by atoms with Gasteiger partial charge >= 0.3 is 0 Å². The van der Waals surface area contributed by atoms with Gasteiger partial charge in [0.25, 0.3) is 0 Å². The lowest BCUT2D eigenvalue weighted by Crippen LogP contribution is -2.31. The van der Waals surface area contributed by atoms with Crippen molar-refractivity contribution in [1.82, 2.24) is 20.0 Å². The summed E-state index contributed by atoms with van der Waals surface area (Å²) in [4.78, 5) is 4.58. The Morgan fingerprint density at radius 1 is 1.19 bits per heavy atom. The molecule has 1 rings (SSSR count). The van der Waals surface area contributed by atoms with E-state index in [1.54, 1.807) is 0 Å². The topological polar surface area (TPSA) is 58.3 Å². The molecule has 0 spiro atoms. The summed E-state index contributed by atoms with van der Waals surface area (Å²) in [7, 11) is 4.18. The Balaban J connectivity index is 2.43. The maximum Gasteiger partial charge on any atom is 0.203 e. The van der Waals surface area contributed by atoms with Gasteiger partial charge in [-0.25, -0.2) is 0 Å². The summed E-state index contributed by atoms with van der Waals surface area (Å²) in [5, 5.41) is 9.45. The monoisotopic (exact) mass is 243 g/mol. The number of nitrogens with zero attached hydrogens (tertiary/aromatic N) is 4. The number of hydrogen-bond donors (Lipinski definition) is 1. The molecule has 0 radical (unpaired) electrons. The number of nitrogens with two attached hydrogens (primary N) is 1. The molecular formula is C10H21N5S. The van der Waals surface area contributed by atoms with Gasteiger partial charge in [-0.15, -0.1) is 10.2 Å². The molecule has 0 aliphatic rings. The highest BCUT2D eigenvalue weighted by Crippen LogP contribution is 2.13. The van der Waals surface area contributed by atoms with Gasteiger partial charge in [0, 0.05) is 13.1 Å². The van der Waals surface area contributed by atoms with Crippen molar-refractivity contribution in [2.45, 2.75) is 19.9 Å². The first kappa shape index (κ1) is 13.3. The number of aromatic nitrogens is 2. The zero-order valence-corrected chi connectivity index (χ0v) is 11.1. The summed E-state index contributed by atoms with van der Waals surface area (Å²) in [6.07, 6.45) is 1.15. The lowest BCUT2D eigenvalue weighted by Gasteiger charge is -2.22. The normalized spacial score (nSPS) is 11.6. The molecule has 16 heavy (non-hydrogen) atoms. The fourth-order valence-electron chi connectivity index (χ4n) is 1.45. The van der Waals surface area contributed by atoms with Crippen LogP contribution in [0.1, 0.15) is 18.4 Å². The molecule has 0 aliphatic carbocycles. The summed E-state index contributed by atoms with van der Waals surface area (Å²) in [6.45, 7) is 6.26. The van der Waals surface area contributed by atoms with Crippen LogP contribution in [0.3, 0.4) is 0 Å². The minimum atomic E-state index is 0.555. The smallest absolute Gasteiger partial charge is 0.203 e. The summed E-state index contributed by atoms with van der Waals surface area (Å²) >= 11 is 1.48. The van der Waals surface area contributed by atoms with Crippen LogP contribution in [-0.2, 0) is 6.54 Å². The Bertz CT molecular complexity index is 299. The van der Waals surface area contributed by atoms with Gasteiger partial charge in [0.15, 0.2) is 0 Å². The van der Waals surface area contributed by atoms with Crippen molar-refractivity contribution in [1.29, 1.82) is 0 Å². The fraction of sp³-hybridized carbons (Fsp3) is 0.800. The second-order valence-corrected chi connectivity index (χ2v) is 5.21. The van der Waals surface area contributed by atoms with Gasteiger partial charge in [0.05, 0.1) is 6.54 Å². The van der Waals surface area contributed by atoms with Crippen LogP contribution >= 0.6 is 11.3 Å². The van der Waals surface area contributed by atoms with E-state index in [9.17, 15) is 0 Å². The minimum Gasteiger partial charge on any atom is -0.374 e. The molecule has 0 atom stereocenters. The third-order valence-electron chi connectivity index (χ3n) is 2.24. The number of rotatable bonds is 7. The van der Waals surface area contributed by atoms with Gasteiger partial charge in [-0.2, -0.15) is 0 Å². The van der Waals surface area contributed by atoms with E-state index in [1.165, 1.54) is 11.3 Å². The van der Waals surface area contributed by atoms with Crippen molar-refractivity contribution >= 4 is 16.5 Å². The van der Waals surface area contributed by atoms with Gasteiger partial charge in [-0.3, -0.25) is 4.90 Å². The number of likely N-dealkylation sites (N-methyl/N-ethyl adjacent to an activating group) is 1. The molecule has 0 unspecified atom stereocenters. The Morgan fingerprint density at radius 3 is 2.44 bits per heavy atom. The van der Waals surface area contributed by atoms with Gasteiger partial charge in [0.2, 0.25) is 5.13 Å². The molecule has 2 N–H and O–H groups in total. The molecule has 0 bridgehead atoms. The van der Waals surface area contributed by atoms with Crippen LogP contribution in [0.4, 0.5) is 5.13 Å². The van der Waals surface area contributed by atoms with E-state index < -0.39 is 0 Å². The summed E-state index contributed by atoms with van der Waals surface area (Å²) in [5.74, 6) is 0. The van der Waals surface area contributed by atoms with E-state index in [-0.39, 0.29) is 0 Å². The van der Waals surface area contributed by atoms with E-state index in [0.29, 0.717) is 5.13 Å². The predicted octanol–water partition coefficient (Wildman–Crippen LogP) is 0.894. The molecule has 1 aromatic rings. The average molecular weight is 243 g/mol. The molecule has 92 valence electrons.